The van der Waals surface area contributed by atoms with Gasteiger partial charge in [0.15, 0.2) is 5.82 Å². The van der Waals surface area contributed by atoms with Crippen molar-refractivity contribution in [3.63, 3.8) is 0 Å². The van der Waals surface area contributed by atoms with Gasteiger partial charge >= 0.3 is 0 Å². The third-order valence-electron chi connectivity index (χ3n) is 4.48. The molecule has 2 heterocycles. The summed E-state index contributed by atoms with van der Waals surface area (Å²) in [4.78, 5) is 30.1. The zero-order chi connectivity index (χ0) is 22.5. The number of hydrogen-bond donors (Lipinski definition) is 2. The third-order valence-corrected chi connectivity index (χ3v) is 4.48. The lowest BCUT2D eigenvalue weighted by atomic mass is 10.1. The average molecular weight is 421 g/mol. The van der Waals surface area contributed by atoms with Gasteiger partial charge in [-0.2, -0.15) is 0 Å². The first-order valence-electron chi connectivity index (χ1n) is 9.20. The van der Waals surface area contributed by atoms with Crippen molar-refractivity contribution in [1.29, 1.82) is 0 Å². The topological polar surface area (TPSA) is 144 Å². The highest BCUT2D eigenvalue weighted by atomic mass is 16.5. The molecule has 0 radical (unpaired) electrons. The van der Waals surface area contributed by atoms with Crippen molar-refractivity contribution in [3.05, 3.63) is 52.8 Å². The number of allylic oxidation sites excluding steroid dienone is 1. The fourth-order valence-corrected chi connectivity index (χ4v) is 2.91. The highest BCUT2D eigenvalue weighted by molar-refractivity contribution is 6.08. The van der Waals surface area contributed by atoms with Crippen LogP contribution in [0.25, 0.3) is 28.2 Å². The number of hydrogen-bond acceptors (Lipinski definition) is 9. The van der Waals surface area contributed by atoms with Gasteiger partial charge in [-0.05, 0) is 12.1 Å². The molecule has 31 heavy (non-hydrogen) atoms. The van der Waals surface area contributed by atoms with Crippen LogP contribution >= 0.6 is 0 Å². The Morgan fingerprint density at radius 2 is 1.81 bits per heavy atom. The lowest BCUT2D eigenvalue weighted by molar-refractivity contribution is 0.394. The van der Waals surface area contributed by atoms with Crippen LogP contribution < -0.4 is 26.5 Å². The van der Waals surface area contributed by atoms with Crippen molar-refractivity contribution >= 4 is 17.6 Å². The minimum Gasteiger partial charge on any atom is -0.497 e. The Bertz CT molecular complexity index is 1210. The van der Waals surface area contributed by atoms with Crippen molar-refractivity contribution in [2.45, 2.75) is 0 Å². The third kappa shape index (κ3) is 4.37. The quantitative estimate of drug-likeness (QED) is 0.570. The van der Waals surface area contributed by atoms with Gasteiger partial charge in [-0.1, -0.05) is 0 Å². The van der Waals surface area contributed by atoms with Crippen LogP contribution in [-0.4, -0.2) is 47.0 Å². The van der Waals surface area contributed by atoms with Crippen molar-refractivity contribution in [2.24, 2.45) is 17.8 Å². The van der Waals surface area contributed by atoms with Crippen LogP contribution in [0.2, 0.25) is 0 Å². The van der Waals surface area contributed by atoms with Crippen molar-refractivity contribution in [2.75, 3.05) is 27.0 Å². The molecule has 0 aliphatic heterocycles. The summed E-state index contributed by atoms with van der Waals surface area (Å²) in [5, 5.41) is 0. The minimum atomic E-state index is -0.303. The molecule has 0 atom stereocenters. The number of nitrogen functional groups attached to an aromatic ring is 1. The molecule has 1 aromatic carbocycles. The van der Waals surface area contributed by atoms with Crippen LogP contribution in [0.15, 0.2) is 46.6 Å². The Balaban J connectivity index is 2.23. The number of aliphatic imine (C=N–C) groups is 1. The van der Waals surface area contributed by atoms with Crippen LogP contribution in [0.3, 0.4) is 0 Å². The number of aromatic nitrogens is 4. The summed E-state index contributed by atoms with van der Waals surface area (Å²) in [6, 6.07) is 5.11. The number of benzene rings is 1. The summed E-state index contributed by atoms with van der Waals surface area (Å²) in [7, 11) is 6.31. The van der Waals surface area contributed by atoms with E-state index in [-0.39, 0.29) is 17.1 Å². The van der Waals surface area contributed by atoms with E-state index in [0.29, 0.717) is 39.7 Å². The second-order valence-corrected chi connectivity index (χ2v) is 6.49. The molecular formula is C21H23N7O3. The standard InChI is InChI=1S/C21H23N7O3/c1-24-9-13(8-22)16-10-25-20(23)19(26-16)17-11-28(2)21(29)18(27-17)12-5-14(30-3)7-15(6-12)31-4/h5-11H,22H2,1-4H3,(H2,23,25). The van der Waals surface area contributed by atoms with E-state index in [2.05, 4.69) is 19.9 Å². The summed E-state index contributed by atoms with van der Waals surface area (Å²) in [6.45, 7) is 0. The molecule has 160 valence electrons. The number of ether oxygens (including phenoxy) is 2. The second kappa shape index (κ2) is 9.08. The second-order valence-electron chi connectivity index (χ2n) is 6.49. The summed E-state index contributed by atoms with van der Waals surface area (Å²) in [6.07, 6.45) is 5.98. The van der Waals surface area contributed by atoms with E-state index < -0.39 is 0 Å². The number of aryl methyl sites for hydroxylation is 1. The molecule has 0 fully saturated rings. The molecule has 2 aromatic heterocycles. The number of rotatable bonds is 6. The maximum Gasteiger partial charge on any atom is 0.276 e. The number of methoxy groups -OCH3 is 2. The molecule has 0 aliphatic rings. The molecule has 10 nitrogen and oxygen atoms in total. The molecule has 0 bridgehead atoms. The maximum absolute atomic E-state index is 12.9. The molecule has 10 heteroatoms. The maximum atomic E-state index is 12.9. The lowest BCUT2D eigenvalue weighted by Gasteiger charge is -2.12. The van der Waals surface area contributed by atoms with E-state index in [0.717, 1.165) is 0 Å². The van der Waals surface area contributed by atoms with Crippen LogP contribution in [-0.2, 0) is 7.05 Å². The molecule has 0 aliphatic carbocycles. The Labute approximate surface area is 178 Å². The average Bonchev–Trinajstić information content (AvgIpc) is 2.79. The Kier molecular flexibility index (Phi) is 6.29. The van der Waals surface area contributed by atoms with Crippen molar-refractivity contribution in [1.82, 2.24) is 19.5 Å². The van der Waals surface area contributed by atoms with E-state index in [1.165, 1.54) is 31.2 Å². The summed E-state index contributed by atoms with van der Waals surface area (Å²) in [5.41, 5.74) is 13.9. The van der Waals surface area contributed by atoms with E-state index in [9.17, 15) is 4.79 Å². The molecule has 4 N–H and O–H groups in total. The SMILES string of the molecule is CN=CC(=CN)c1cnc(N)c(-c2cn(C)c(=O)c(-c3cc(OC)cc(OC)c3)n2)n1. The smallest absolute Gasteiger partial charge is 0.276 e. The molecule has 0 saturated carbocycles. The van der Waals surface area contributed by atoms with Crippen LogP contribution in [0.1, 0.15) is 5.69 Å². The fraction of sp³-hybridized carbons (Fsp3) is 0.190. The minimum absolute atomic E-state index is 0.161. The molecule has 0 unspecified atom stereocenters. The van der Waals surface area contributed by atoms with E-state index in [1.54, 1.807) is 44.7 Å². The number of anilines is 1. The molecular weight excluding hydrogens is 398 g/mol. The summed E-state index contributed by atoms with van der Waals surface area (Å²) in [5.74, 6) is 1.22. The fourth-order valence-electron chi connectivity index (χ4n) is 2.91. The summed E-state index contributed by atoms with van der Waals surface area (Å²) >= 11 is 0. The van der Waals surface area contributed by atoms with Crippen LogP contribution in [0, 0.1) is 0 Å². The van der Waals surface area contributed by atoms with Gasteiger partial charge in [0.2, 0.25) is 0 Å². The molecule has 0 amide bonds. The van der Waals surface area contributed by atoms with Gasteiger partial charge in [0.1, 0.15) is 28.6 Å². The predicted molar refractivity (Wildman–Crippen MR) is 120 cm³/mol. The molecule has 0 saturated heterocycles. The Hall–Kier alpha value is -4.21. The van der Waals surface area contributed by atoms with E-state index in [1.807, 2.05) is 0 Å². The molecule has 0 spiro atoms. The first kappa shape index (κ1) is 21.5. The zero-order valence-corrected chi connectivity index (χ0v) is 17.7. The van der Waals surface area contributed by atoms with Crippen LogP contribution in [0.4, 0.5) is 5.82 Å². The highest BCUT2D eigenvalue weighted by Gasteiger charge is 2.17. The Morgan fingerprint density at radius 3 is 2.39 bits per heavy atom. The van der Waals surface area contributed by atoms with Gasteiger partial charge in [-0.15, -0.1) is 0 Å². The normalized spacial score (nSPS) is 11.7. The zero-order valence-electron chi connectivity index (χ0n) is 17.7. The molecule has 3 aromatic rings. The summed E-state index contributed by atoms with van der Waals surface area (Å²) < 4.78 is 12.0. The molecule has 3 rings (SSSR count). The van der Waals surface area contributed by atoms with Crippen molar-refractivity contribution in [3.8, 4) is 34.1 Å². The highest BCUT2D eigenvalue weighted by Crippen LogP contribution is 2.29. The largest absolute Gasteiger partial charge is 0.497 e. The monoisotopic (exact) mass is 421 g/mol. The Morgan fingerprint density at radius 1 is 1.13 bits per heavy atom. The van der Waals surface area contributed by atoms with Crippen LogP contribution in [0.5, 0.6) is 11.5 Å². The first-order chi connectivity index (χ1) is 14.9. The van der Waals surface area contributed by atoms with Crippen molar-refractivity contribution < 1.29 is 9.47 Å². The van der Waals surface area contributed by atoms with Gasteiger partial charge in [0.05, 0.1) is 26.1 Å². The predicted octanol–water partition coefficient (Wildman–Crippen LogP) is 1.50. The lowest BCUT2D eigenvalue weighted by Crippen LogP contribution is -2.21. The van der Waals surface area contributed by atoms with Gasteiger partial charge < -0.3 is 25.5 Å². The van der Waals surface area contributed by atoms with Gasteiger partial charge in [0, 0.05) is 49.9 Å². The van der Waals surface area contributed by atoms with Gasteiger partial charge in [-0.25, -0.2) is 15.0 Å². The van der Waals surface area contributed by atoms with E-state index in [4.69, 9.17) is 20.9 Å². The van der Waals surface area contributed by atoms with E-state index >= 15 is 0 Å². The number of nitrogens with two attached hydrogens (primary N) is 2. The van der Waals surface area contributed by atoms with Gasteiger partial charge in [0.25, 0.3) is 5.56 Å². The van der Waals surface area contributed by atoms with Gasteiger partial charge in [-0.3, -0.25) is 9.79 Å². The first-order valence-corrected chi connectivity index (χ1v) is 9.20. The number of nitrogens with zero attached hydrogens (tertiary/aromatic N) is 5.